The van der Waals surface area contributed by atoms with Crippen LogP contribution in [-0.4, -0.2) is 34.7 Å². The van der Waals surface area contributed by atoms with Gasteiger partial charge in [0.1, 0.15) is 6.04 Å². The molecule has 0 aromatic rings. The number of unbranched alkanes of at least 4 members (excludes halogenated alkanes) is 10. The van der Waals surface area contributed by atoms with E-state index < -0.39 is 18.6 Å². The van der Waals surface area contributed by atoms with Crippen LogP contribution in [0.2, 0.25) is 0 Å². The average Bonchev–Trinajstić information content (AvgIpc) is 2.50. The van der Waals surface area contributed by atoms with Crippen LogP contribution in [0.1, 0.15) is 84.0 Å². The topological polar surface area (TPSA) is 86.6 Å². The molecule has 0 aliphatic carbocycles. The molecule has 0 heterocycles. The molecule has 1 atom stereocenters. The third-order valence-corrected chi connectivity index (χ3v) is 3.82. The first-order chi connectivity index (χ1) is 10.6. The molecular formula is C17H33NO4. The summed E-state index contributed by atoms with van der Waals surface area (Å²) in [4.78, 5) is 22.1. The molecule has 0 bridgehead atoms. The number of rotatable bonds is 15. The molecule has 0 aliphatic rings. The van der Waals surface area contributed by atoms with Crippen molar-refractivity contribution in [2.75, 3.05) is 6.61 Å². The van der Waals surface area contributed by atoms with Crippen molar-refractivity contribution >= 4 is 11.9 Å². The molecule has 0 saturated carbocycles. The van der Waals surface area contributed by atoms with E-state index in [1.54, 1.807) is 0 Å². The zero-order valence-corrected chi connectivity index (χ0v) is 14.0. The van der Waals surface area contributed by atoms with Gasteiger partial charge >= 0.3 is 5.97 Å². The van der Waals surface area contributed by atoms with E-state index in [0.29, 0.717) is 6.42 Å². The molecule has 0 radical (unpaired) electrons. The highest BCUT2D eigenvalue weighted by molar-refractivity contribution is 5.83. The molecule has 22 heavy (non-hydrogen) atoms. The first-order valence-electron chi connectivity index (χ1n) is 8.74. The molecule has 0 aliphatic heterocycles. The molecule has 0 spiro atoms. The number of hydrogen-bond donors (Lipinski definition) is 3. The average molecular weight is 315 g/mol. The monoisotopic (exact) mass is 315 g/mol. The molecule has 0 rings (SSSR count). The second-order valence-corrected chi connectivity index (χ2v) is 5.93. The maximum absolute atomic E-state index is 11.5. The number of carboxylic acid groups (broad SMARTS) is 1. The zero-order valence-electron chi connectivity index (χ0n) is 14.0. The van der Waals surface area contributed by atoms with E-state index in [-0.39, 0.29) is 5.91 Å². The van der Waals surface area contributed by atoms with Crippen molar-refractivity contribution in [2.45, 2.75) is 90.0 Å². The van der Waals surface area contributed by atoms with E-state index >= 15 is 0 Å². The van der Waals surface area contributed by atoms with Crippen molar-refractivity contribution in [3.05, 3.63) is 0 Å². The third-order valence-electron chi connectivity index (χ3n) is 3.82. The van der Waals surface area contributed by atoms with Gasteiger partial charge in [0, 0.05) is 6.42 Å². The van der Waals surface area contributed by atoms with Crippen LogP contribution in [0.4, 0.5) is 0 Å². The van der Waals surface area contributed by atoms with E-state index in [2.05, 4.69) is 12.2 Å². The first-order valence-corrected chi connectivity index (χ1v) is 8.74. The Labute approximate surface area is 134 Å². The van der Waals surface area contributed by atoms with Crippen LogP contribution in [-0.2, 0) is 9.59 Å². The van der Waals surface area contributed by atoms with Crippen molar-refractivity contribution in [1.29, 1.82) is 0 Å². The maximum atomic E-state index is 11.5. The summed E-state index contributed by atoms with van der Waals surface area (Å²) < 4.78 is 0. The standard InChI is InChI=1S/C17H33NO4/c1-2-3-4-5-6-7-8-9-10-11-12-13-16(20)18-15(14-19)17(21)22/h15,19H,2-14H2,1H3,(H,18,20)(H,21,22). The number of amides is 1. The number of carbonyl (C=O) groups is 2. The van der Waals surface area contributed by atoms with Crippen LogP contribution in [0.15, 0.2) is 0 Å². The van der Waals surface area contributed by atoms with Gasteiger partial charge in [-0.2, -0.15) is 0 Å². The minimum atomic E-state index is -1.20. The molecule has 5 heteroatoms. The lowest BCUT2D eigenvalue weighted by Crippen LogP contribution is -2.43. The lowest BCUT2D eigenvalue weighted by molar-refractivity contribution is -0.142. The number of carboxylic acids is 1. The van der Waals surface area contributed by atoms with Crippen LogP contribution in [0.5, 0.6) is 0 Å². The Morgan fingerprint density at radius 1 is 0.864 bits per heavy atom. The highest BCUT2D eigenvalue weighted by atomic mass is 16.4. The van der Waals surface area contributed by atoms with Crippen molar-refractivity contribution in [3.63, 3.8) is 0 Å². The fourth-order valence-electron chi connectivity index (χ4n) is 2.40. The first kappa shape index (κ1) is 20.9. The third kappa shape index (κ3) is 12.6. The zero-order chi connectivity index (χ0) is 16.6. The van der Waals surface area contributed by atoms with E-state index in [1.165, 1.54) is 51.4 Å². The summed E-state index contributed by atoms with van der Waals surface area (Å²) in [5.74, 6) is -1.49. The van der Waals surface area contributed by atoms with Gasteiger partial charge in [0.2, 0.25) is 5.91 Å². The number of aliphatic carboxylic acids is 1. The summed E-state index contributed by atoms with van der Waals surface area (Å²) in [6, 6.07) is -1.18. The van der Waals surface area contributed by atoms with Crippen molar-refractivity contribution < 1.29 is 19.8 Å². The molecule has 1 amide bonds. The Morgan fingerprint density at radius 2 is 1.32 bits per heavy atom. The largest absolute Gasteiger partial charge is 0.480 e. The van der Waals surface area contributed by atoms with Crippen LogP contribution >= 0.6 is 0 Å². The summed E-state index contributed by atoms with van der Waals surface area (Å²) in [6.45, 7) is 1.66. The Balaban J connectivity index is 3.35. The van der Waals surface area contributed by atoms with E-state index in [9.17, 15) is 9.59 Å². The van der Waals surface area contributed by atoms with E-state index in [0.717, 1.165) is 19.3 Å². The molecule has 0 saturated heterocycles. The van der Waals surface area contributed by atoms with Crippen molar-refractivity contribution in [3.8, 4) is 0 Å². The molecule has 3 N–H and O–H groups in total. The Kier molecular flexibility index (Phi) is 14.1. The summed E-state index contributed by atoms with van der Waals surface area (Å²) >= 11 is 0. The fourth-order valence-corrected chi connectivity index (χ4v) is 2.40. The molecular weight excluding hydrogens is 282 g/mol. The molecule has 0 aromatic heterocycles. The molecule has 130 valence electrons. The summed E-state index contributed by atoms with van der Waals surface area (Å²) in [5, 5.41) is 19.8. The predicted octanol–water partition coefficient (Wildman–Crippen LogP) is 3.25. The number of carbonyl (C=O) groups excluding carboxylic acids is 1. The lowest BCUT2D eigenvalue weighted by Gasteiger charge is -2.11. The number of aliphatic hydroxyl groups excluding tert-OH is 1. The van der Waals surface area contributed by atoms with Gasteiger partial charge in [0.25, 0.3) is 0 Å². The van der Waals surface area contributed by atoms with Gasteiger partial charge < -0.3 is 15.5 Å². The van der Waals surface area contributed by atoms with Gasteiger partial charge in [-0.15, -0.1) is 0 Å². The number of nitrogens with one attached hydrogen (secondary N) is 1. The minimum Gasteiger partial charge on any atom is -0.480 e. The van der Waals surface area contributed by atoms with Gasteiger partial charge in [0.15, 0.2) is 0 Å². The Morgan fingerprint density at radius 3 is 1.73 bits per heavy atom. The van der Waals surface area contributed by atoms with Gasteiger partial charge in [-0.3, -0.25) is 4.79 Å². The highest BCUT2D eigenvalue weighted by Crippen LogP contribution is 2.11. The second kappa shape index (κ2) is 14.8. The molecule has 0 aromatic carbocycles. The smallest absolute Gasteiger partial charge is 0.328 e. The molecule has 1 unspecified atom stereocenters. The van der Waals surface area contributed by atoms with Crippen LogP contribution in [0, 0.1) is 0 Å². The van der Waals surface area contributed by atoms with Crippen LogP contribution < -0.4 is 5.32 Å². The summed E-state index contributed by atoms with van der Waals surface area (Å²) in [5.41, 5.74) is 0. The van der Waals surface area contributed by atoms with Crippen molar-refractivity contribution in [2.24, 2.45) is 0 Å². The molecule has 5 nitrogen and oxygen atoms in total. The van der Waals surface area contributed by atoms with E-state index in [4.69, 9.17) is 10.2 Å². The number of aliphatic hydroxyl groups is 1. The quantitative estimate of drug-likeness (QED) is 0.405. The van der Waals surface area contributed by atoms with Gasteiger partial charge in [-0.25, -0.2) is 4.79 Å². The normalized spacial score (nSPS) is 12.1. The van der Waals surface area contributed by atoms with Crippen LogP contribution in [0.3, 0.4) is 0 Å². The summed E-state index contributed by atoms with van der Waals surface area (Å²) in [6.07, 6.45) is 13.7. The Bertz CT molecular complexity index is 294. The van der Waals surface area contributed by atoms with Crippen LogP contribution in [0.25, 0.3) is 0 Å². The van der Waals surface area contributed by atoms with Gasteiger partial charge in [-0.05, 0) is 6.42 Å². The number of hydrogen-bond acceptors (Lipinski definition) is 3. The van der Waals surface area contributed by atoms with Crippen molar-refractivity contribution in [1.82, 2.24) is 5.32 Å². The van der Waals surface area contributed by atoms with E-state index in [1.807, 2.05) is 0 Å². The summed E-state index contributed by atoms with van der Waals surface area (Å²) in [7, 11) is 0. The van der Waals surface area contributed by atoms with Gasteiger partial charge in [0.05, 0.1) is 6.61 Å². The molecule has 0 fully saturated rings. The SMILES string of the molecule is CCCCCCCCCCCCCC(=O)NC(CO)C(=O)O. The highest BCUT2D eigenvalue weighted by Gasteiger charge is 2.17. The Hall–Kier alpha value is -1.10. The lowest BCUT2D eigenvalue weighted by atomic mass is 10.1. The minimum absolute atomic E-state index is 0.294. The van der Waals surface area contributed by atoms with Gasteiger partial charge in [-0.1, -0.05) is 71.1 Å². The fraction of sp³-hybridized carbons (Fsp3) is 0.882. The predicted molar refractivity (Wildman–Crippen MR) is 87.7 cm³/mol. The maximum Gasteiger partial charge on any atom is 0.328 e. The second-order valence-electron chi connectivity index (χ2n) is 5.93.